The van der Waals surface area contributed by atoms with Crippen LogP contribution in [0.2, 0.25) is 0 Å². The Balaban J connectivity index is 2.34. The van der Waals surface area contributed by atoms with E-state index in [1.807, 2.05) is 0 Å². The van der Waals surface area contributed by atoms with Crippen molar-refractivity contribution in [2.45, 2.75) is 6.92 Å². The van der Waals surface area contributed by atoms with E-state index in [4.69, 9.17) is 10.5 Å². The van der Waals surface area contributed by atoms with E-state index in [1.165, 1.54) is 6.07 Å². The Morgan fingerprint density at radius 3 is 2.81 bits per heavy atom. The normalized spacial score (nSPS) is 10.1. The quantitative estimate of drug-likeness (QED) is 0.746. The van der Waals surface area contributed by atoms with Crippen molar-refractivity contribution in [2.24, 2.45) is 0 Å². The Morgan fingerprint density at radius 2 is 2.12 bits per heavy atom. The van der Waals surface area contributed by atoms with Gasteiger partial charge in [0.15, 0.2) is 5.75 Å². The van der Waals surface area contributed by atoms with E-state index < -0.39 is 0 Å². The number of benzene rings is 1. The number of nitrogens with one attached hydrogen (secondary N) is 1. The summed E-state index contributed by atoms with van der Waals surface area (Å²) in [5.74, 6) is 1.22. The maximum Gasteiger partial charge on any atom is 0.254 e. The molecule has 0 aliphatic rings. The molecule has 1 aromatic carbocycles. The van der Waals surface area contributed by atoms with E-state index in [1.54, 1.807) is 31.2 Å². The molecule has 3 N–H and O–H groups in total. The zero-order valence-corrected chi connectivity index (χ0v) is 8.73. The van der Waals surface area contributed by atoms with Crippen LogP contribution in [0, 0.1) is 6.92 Å². The predicted molar refractivity (Wildman–Crippen MR) is 60.5 cm³/mol. The molecule has 0 atom stereocenters. The second-order valence-corrected chi connectivity index (χ2v) is 3.31. The summed E-state index contributed by atoms with van der Waals surface area (Å²) >= 11 is 0. The number of aryl methyl sites for hydroxylation is 1. The van der Waals surface area contributed by atoms with Crippen molar-refractivity contribution in [1.82, 2.24) is 9.97 Å². The van der Waals surface area contributed by atoms with Gasteiger partial charge in [0.2, 0.25) is 5.88 Å². The lowest BCUT2D eigenvalue weighted by molar-refractivity contribution is 0.461. The van der Waals surface area contributed by atoms with Crippen molar-refractivity contribution in [2.75, 3.05) is 5.73 Å². The molecule has 0 amide bonds. The minimum Gasteiger partial charge on any atom is -0.437 e. The fraction of sp³-hybridized carbons (Fsp3) is 0.0909. The maximum atomic E-state index is 11.2. The van der Waals surface area contributed by atoms with Crippen molar-refractivity contribution < 1.29 is 4.74 Å². The fourth-order valence-corrected chi connectivity index (χ4v) is 1.29. The van der Waals surface area contributed by atoms with E-state index in [0.29, 0.717) is 17.3 Å². The number of rotatable bonds is 2. The van der Waals surface area contributed by atoms with Gasteiger partial charge in [-0.25, -0.2) is 4.98 Å². The highest BCUT2D eigenvalue weighted by atomic mass is 16.5. The smallest absolute Gasteiger partial charge is 0.254 e. The minimum atomic E-state index is -0.253. The van der Waals surface area contributed by atoms with Gasteiger partial charge in [-0.05, 0) is 19.1 Å². The summed E-state index contributed by atoms with van der Waals surface area (Å²) in [5, 5.41) is 0. The molecule has 1 aromatic heterocycles. The van der Waals surface area contributed by atoms with E-state index in [9.17, 15) is 4.79 Å². The van der Waals surface area contributed by atoms with Crippen molar-refractivity contribution in [3.8, 4) is 11.6 Å². The Labute approximate surface area is 91.9 Å². The van der Waals surface area contributed by atoms with Gasteiger partial charge in [0, 0.05) is 0 Å². The van der Waals surface area contributed by atoms with E-state index >= 15 is 0 Å². The summed E-state index contributed by atoms with van der Waals surface area (Å²) in [6, 6.07) is 8.31. The molecule has 16 heavy (non-hydrogen) atoms. The van der Waals surface area contributed by atoms with Crippen molar-refractivity contribution in [3.05, 3.63) is 46.5 Å². The third-order valence-electron chi connectivity index (χ3n) is 1.97. The van der Waals surface area contributed by atoms with Crippen LogP contribution in [0.5, 0.6) is 11.6 Å². The molecule has 2 aromatic rings. The Bertz CT molecular complexity index is 563. The lowest BCUT2D eigenvalue weighted by Crippen LogP contribution is -2.08. The number of para-hydroxylation sites is 2. The van der Waals surface area contributed by atoms with Gasteiger partial charge in [-0.2, -0.15) is 0 Å². The highest BCUT2D eigenvalue weighted by molar-refractivity contribution is 5.52. The summed E-state index contributed by atoms with van der Waals surface area (Å²) in [5.41, 5.74) is 5.96. The number of ether oxygens (including phenoxy) is 1. The van der Waals surface area contributed by atoms with Gasteiger partial charge in [0.05, 0.1) is 11.8 Å². The molecule has 82 valence electrons. The first-order valence-electron chi connectivity index (χ1n) is 4.75. The lowest BCUT2D eigenvalue weighted by Gasteiger charge is -2.06. The molecular weight excluding hydrogens is 206 g/mol. The van der Waals surface area contributed by atoms with Crippen LogP contribution in [0.25, 0.3) is 0 Å². The molecule has 5 nitrogen and oxygen atoms in total. The predicted octanol–water partition coefficient (Wildman–Crippen LogP) is 1.45. The summed E-state index contributed by atoms with van der Waals surface area (Å²) in [6.45, 7) is 1.68. The average molecular weight is 217 g/mol. The number of hydrogen-bond donors (Lipinski definition) is 2. The number of H-pyrrole nitrogens is 1. The summed E-state index contributed by atoms with van der Waals surface area (Å²) in [7, 11) is 0. The highest BCUT2D eigenvalue weighted by Gasteiger charge is 2.03. The molecule has 0 radical (unpaired) electrons. The van der Waals surface area contributed by atoms with Gasteiger partial charge in [-0.1, -0.05) is 12.1 Å². The number of nitrogens with zero attached hydrogens (tertiary/aromatic N) is 1. The third kappa shape index (κ3) is 2.20. The molecule has 0 saturated carbocycles. The zero-order valence-electron chi connectivity index (χ0n) is 8.73. The standard InChI is InChI=1S/C11H11N3O2/c1-7-13-10(15)6-11(14-7)16-9-5-3-2-4-8(9)12/h2-6H,12H2,1H3,(H,13,14,15). The van der Waals surface area contributed by atoms with Gasteiger partial charge in [0.25, 0.3) is 5.56 Å². The summed E-state index contributed by atoms with van der Waals surface area (Å²) < 4.78 is 5.41. The SMILES string of the molecule is Cc1nc(Oc2ccccc2N)cc(=O)[nH]1. The molecule has 0 fully saturated rings. The summed E-state index contributed by atoms with van der Waals surface area (Å²) in [6.07, 6.45) is 0. The van der Waals surface area contributed by atoms with Gasteiger partial charge in [-0.15, -0.1) is 0 Å². The van der Waals surface area contributed by atoms with E-state index in [0.717, 1.165) is 0 Å². The first-order chi connectivity index (χ1) is 7.65. The second kappa shape index (κ2) is 4.06. The van der Waals surface area contributed by atoms with Crippen LogP contribution in [0.15, 0.2) is 35.1 Å². The Hall–Kier alpha value is -2.30. The number of aromatic amines is 1. The second-order valence-electron chi connectivity index (χ2n) is 3.31. The van der Waals surface area contributed by atoms with Gasteiger partial charge >= 0.3 is 0 Å². The van der Waals surface area contributed by atoms with Gasteiger partial charge in [0.1, 0.15) is 5.82 Å². The van der Waals surface area contributed by atoms with Crippen molar-refractivity contribution in [3.63, 3.8) is 0 Å². The van der Waals surface area contributed by atoms with Gasteiger partial charge in [-0.3, -0.25) is 4.79 Å². The third-order valence-corrected chi connectivity index (χ3v) is 1.97. The van der Waals surface area contributed by atoms with Crippen LogP contribution in [-0.2, 0) is 0 Å². The van der Waals surface area contributed by atoms with E-state index in [-0.39, 0.29) is 11.4 Å². The number of nitrogens with two attached hydrogens (primary N) is 1. The molecule has 0 aliphatic carbocycles. The molecule has 0 unspecified atom stereocenters. The molecule has 0 spiro atoms. The van der Waals surface area contributed by atoms with Crippen LogP contribution in [0.1, 0.15) is 5.82 Å². The fourth-order valence-electron chi connectivity index (χ4n) is 1.29. The number of anilines is 1. The Kier molecular flexibility index (Phi) is 2.59. The van der Waals surface area contributed by atoms with Crippen molar-refractivity contribution in [1.29, 1.82) is 0 Å². The molecule has 2 rings (SSSR count). The van der Waals surface area contributed by atoms with Crippen LogP contribution >= 0.6 is 0 Å². The monoisotopic (exact) mass is 217 g/mol. The molecule has 0 bridgehead atoms. The molecule has 1 heterocycles. The van der Waals surface area contributed by atoms with Crippen LogP contribution in [-0.4, -0.2) is 9.97 Å². The molecular formula is C11H11N3O2. The zero-order chi connectivity index (χ0) is 11.5. The first-order valence-corrected chi connectivity index (χ1v) is 4.75. The first kappa shape index (κ1) is 10.2. The van der Waals surface area contributed by atoms with Crippen molar-refractivity contribution >= 4 is 5.69 Å². The van der Waals surface area contributed by atoms with E-state index in [2.05, 4.69) is 9.97 Å². The van der Waals surface area contributed by atoms with Crippen LogP contribution < -0.4 is 16.0 Å². The summed E-state index contributed by atoms with van der Waals surface area (Å²) in [4.78, 5) is 17.7. The average Bonchev–Trinajstić information content (AvgIpc) is 2.20. The highest BCUT2D eigenvalue weighted by Crippen LogP contribution is 2.24. The van der Waals surface area contributed by atoms with Crippen LogP contribution in [0.3, 0.4) is 0 Å². The number of aromatic nitrogens is 2. The van der Waals surface area contributed by atoms with Gasteiger partial charge < -0.3 is 15.5 Å². The number of nitrogen functional groups attached to an aromatic ring is 1. The molecule has 0 aliphatic heterocycles. The minimum absolute atomic E-state index is 0.235. The molecule has 0 saturated heterocycles. The maximum absolute atomic E-state index is 11.2. The van der Waals surface area contributed by atoms with Crippen LogP contribution in [0.4, 0.5) is 5.69 Å². The molecule has 5 heteroatoms. The number of hydrogen-bond acceptors (Lipinski definition) is 4. The Morgan fingerprint density at radius 1 is 1.38 bits per heavy atom. The topological polar surface area (TPSA) is 81.0 Å². The lowest BCUT2D eigenvalue weighted by atomic mass is 10.3. The largest absolute Gasteiger partial charge is 0.437 e.